The van der Waals surface area contributed by atoms with E-state index in [1.165, 1.54) is 49.8 Å². The van der Waals surface area contributed by atoms with Crippen molar-refractivity contribution in [1.29, 1.82) is 0 Å². The third kappa shape index (κ3) is 6.50. The Morgan fingerprint density at radius 2 is 1.63 bits per heavy atom. The number of esters is 1. The second-order valence-electron chi connectivity index (χ2n) is 7.24. The number of ether oxygens (including phenoxy) is 1. The molecule has 0 fully saturated rings. The molecule has 0 N–H and O–H groups in total. The van der Waals surface area contributed by atoms with Crippen LogP contribution in [0.3, 0.4) is 0 Å². The van der Waals surface area contributed by atoms with Gasteiger partial charge in [-0.1, -0.05) is 76.8 Å². The molecule has 2 aromatic carbocycles. The van der Waals surface area contributed by atoms with Crippen LogP contribution < -0.4 is 4.74 Å². The van der Waals surface area contributed by atoms with Gasteiger partial charge in [-0.05, 0) is 48.1 Å². The van der Waals surface area contributed by atoms with Crippen molar-refractivity contribution in [3.05, 3.63) is 53.8 Å². The Balaban J connectivity index is 1.97. The molecule has 2 nitrogen and oxygen atoms in total. The summed E-state index contributed by atoms with van der Waals surface area (Å²) >= 11 is 0. The number of carbonyl (C=O) groups excluding carboxylic acids is 1. The number of carbonyl (C=O) groups is 1. The van der Waals surface area contributed by atoms with Crippen molar-refractivity contribution in [3.8, 4) is 16.9 Å². The van der Waals surface area contributed by atoms with E-state index in [0.29, 0.717) is 6.42 Å². The maximum absolute atomic E-state index is 14.3. The van der Waals surface area contributed by atoms with Crippen molar-refractivity contribution in [2.24, 2.45) is 5.92 Å². The van der Waals surface area contributed by atoms with Crippen LogP contribution in [0.1, 0.15) is 64.9 Å². The highest BCUT2D eigenvalue weighted by molar-refractivity contribution is 5.75. The van der Waals surface area contributed by atoms with E-state index in [-0.39, 0.29) is 11.7 Å². The Morgan fingerprint density at radius 1 is 0.963 bits per heavy atom. The molecule has 1 atom stereocenters. The molecular weight excluding hydrogens is 339 g/mol. The minimum Gasteiger partial charge on any atom is -0.423 e. The summed E-state index contributed by atoms with van der Waals surface area (Å²) in [6.07, 6.45) is 8.13. The maximum Gasteiger partial charge on any atom is 0.314 e. The molecule has 0 aliphatic rings. The summed E-state index contributed by atoms with van der Waals surface area (Å²) in [6, 6.07) is 13.0. The van der Waals surface area contributed by atoms with Crippen LogP contribution in [-0.4, -0.2) is 5.97 Å². The zero-order valence-electron chi connectivity index (χ0n) is 16.8. The Bertz CT molecular complexity index is 722. The lowest BCUT2D eigenvalue weighted by molar-refractivity contribution is -0.138. The molecule has 0 saturated heterocycles. The van der Waals surface area contributed by atoms with E-state index in [1.807, 2.05) is 19.1 Å². The van der Waals surface area contributed by atoms with Crippen LogP contribution in [0.5, 0.6) is 5.75 Å². The van der Waals surface area contributed by atoms with Gasteiger partial charge in [-0.25, -0.2) is 4.39 Å². The van der Waals surface area contributed by atoms with Gasteiger partial charge in [-0.2, -0.15) is 0 Å². The fraction of sp³-hybridized carbons (Fsp3) is 0.458. The van der Waals surface area contributed by atoms with Gasteiger partial charge in [0.25, 0.3) is 0 Å². The molecule has 1 unspecified atom stereocenters. The van der Waals surface area contributed by atoms with Gasteiger partial charge < -0.3 is 4.74 Å². The van der Waals surface area contributed by atoms with Crippen molar-refractivity contribution in [2.75, 3.05) is 0 Å². The highest BCUT2D eigenvalue weighted by atomic mass is 19.1. The van der Waals surface area contributed by atoms with Crippen molar-refractivity contribution in [1.82, 2.24) is 0 Å². The molecule has 0 amide bonds. The quantitative estimate of drug-likeness (QED) is 0.257. The summed E-state index contributed by atoms with van der Waals surface area (Å²) in [5, 5.41) is 0. The SMILES string of the molecule is CCCCCCCc1ccc(-c2ccc(OC(=O)C(C)CC)c(F)c2)cc1. The Kier molecular flexibility index (Phi) is 8.50. The average molecular weight is 371 g/mol. The minimum atomic E-state index is -0.510. The largest absolute Gasteiger partial charge is 0.423 e. The standard InChI is InChI=1S/C24H31FO2/c1-4-6-7-8-9-10-19-11-13-20(14-12-19)21-15-16-23(22(25)17-21)27-24(26)18(3)5-2/h11-18H,4-10H2,1-3H3. The lowest BCUT2D eigenvalue weighted by atomic mass is 10.0. The van der Waals surface area contributed by atoms with Crippen LogP contribution in [0.15, 0.2) is 42.5 Å². The fourth-order valence-electron chi connectivity index (χ4n) is 2.94. The number of aryl methyl sites for hydroxylation is 1. The van der Waals surface area contributed by atoms with Crippen molar-refractivity contribution in [2.45, 2.75) is 65.7 Å². The zero-order chi connectivity index (χ0) is 19.6. The molecule has 3 heteroatoms. The Labute approximate surface area is 162 Å². The second-order valence-corrected chi connectivity index (χ2v) is 7.24. The van der Waals surface area contributed by atoms with Gasteiger partial charge in [0.1, 0.15) is 0 Å². The first kappa shape index (κ1) is 21.1. The summed E-state index contributed by atoms with van der Waals surface area (Å²) in [7, 11) is 0. The van der Waals surface area contributed by atoms with E-state index in [4.69, 9.17) is 4.74 Å². The summed E-state index contributed by atoms with van der Waals surface area (Å²) in [5.41, 5.74) is 3.06. The molecule has 0 heterocycles. The van der Waals surface area contributed by atoms with Crippen LogP contribution in [0.2, 0.25) is 0 Å². The minimum absolute atomic E-state index is 0.00671. The molecule has 0 aliphatic heterocycles. The predicted molar refractivity (Wildman–Crippen MR) is 109 cm³/mol. The molecule has 2 aromatic rings. The van der Waals surface area contributed by atoms with Gasteiger partial charge in [-0.3, -0.25) is 4.79 Å². The van der Waals surface area contributed by atoms with Crippen LogP contribution in [0, 0.1) is 11.7 Å². The number of rotatable bonds is 10. The normalized spacial score (nSPS) is 12.0. The van der Waals surface area contributed by atoms with E-state index in [0.717, 1.165) is 17.5 Å². The Morgan fingerprint density at radius 3 is 2.26 bits per heavy atom. The number of halogens is 1. The van der Waals surface area contributed by atoms with Crippen LogP contribution in [0.4, 0.5) is 4.39 Å². The molecule has 0 radical (unpaired) electrons. The lowest BCUT2D eigenvalue weighted by Gasteiger charge is -2.11. The summed E-state index contributed by atoms with van der Waals surface area (Å²) in [5.74, 6) is -1.15. The van der Waals surface area contributed by atoms with Crippen LogP contribution in [-0.2, 0) is 11.2 Å². The van der Waals surface area contributed by atoms with E-state index in [2.05, 4.69) is 19.1 Å². The highest BCUT2D eigenvalue weighted by Crippen LogP contribution is 2.27. The van der Waals surface area contributed by atoms with E-state index in [1.54, 1.807) is 13.0 Å². The molecule has 0 spiro atoms. The van der Waals surface area contributed by atoms with Gasteiger partial charge in [0, 0.05) is 0 Å². The first-order valence-electron chi connectivity index (χ1n) is 10.2. The smallest absolute Gasteiger partial charge is 0.314 e. The lowest BCUT2D eigenvalue weighted by Crippen LogP contribution is -2.17. The van der Waals surface area contributed by atoms with E-state index >= 15 is 0 Å². The van der Waals surface area contributed by atoms with Gasteiger partial charge in [0.05, 0.1) is 5.92 Å². The number of hydrogen-bond donors (Lipinski definition) is 0. The van der Waals surface area contributed by atoms with Crippen molar-refractivity contribution >= 4 is 5.97 Å². The van der Waals surface area contributed by atoms with Crippen LogP contribution >= 0.6 is 0 Å². The topological polar surface area (TPSA) is 26.3 Å². The predicted octanol–water partition coefficient (Wildman–Crippen LogP) is 6.96. The first-order chi connectivity index (χ1) is 13.0. The van der Waals surface area contributed by atoms with Gasteiger partial charge in [-0.15, -0.1) is 0 Å². The molecule has 2 rings (SSSR count). The number of unbranched alkanes of at least 4 members (excludes halogenated alkanes) is 4. The molecule has 27 heavy (non-hydrogen) atoms. The van der Waals surface area contributed by atoms with E-state index in [9.17, 15) is 9.18 Å². The third-order valence-corrected chi connectivity index (χ3v) is 5.01. The van der Waals surface area contributed by atoms with Gasteiger partial charge in [0.15, 0.2) is 11.6 Å². The van der Waals surface area contributed by atoms with Crippen LogP contribution in [0.25, 0.3) is 11.1 Å². The summed E-state index contributed by atoms with van der Waals surface area (Å²) in [4.78, 5) is 11.8. The molecule has 146 valence electrons. The molecule has 0 aromatic heterocycles. The monoisotopic (exact) mass is 370 g/mol. The molecule has 0 bridgehead atoms. The van der Waals surface area contributed by atoms with Gasteiger partial charge >= 0.3 is 5.97 Å². The number of benzene rings is 2. The molecule has 0 saturated carbocycles. The fourth-order valence-corrected chi connectivity index (χ4v) is 2.94. The van der Waals surface area contributed by atoms with Crippen molar-refractivity contribution in [3.63, 3.8) is 0 Å². The van der Waals surface area contributed by atoms with Gasteiger partial charge in [0.2, 0.25) is 0 Å². The highest BCUT2D eigenvalue weighted by Gasteiger charge is 2.16. The summed E-state index contributed by atoms with van der Waals surface area (Å²) < 4.78 is 19.5. The molecule has 0 aliphatic carbocycles. The number of hydrogen-bond acceptors (Lipinski definition) is 2. The van der Waals surface area contributed by atoms with E-state index < -0.39 is 11.8 Å². The first-order valence-corrected chi connectivity index (χ1v) is 10.2. The zero-order valence-corrected chi connectivity index (χ0v) is 16.8. The van der Waals surface area contributed by atoms with Crippen molar-refractivity contribution < 1.29 is 13.9 Å². The maximum atomic E-state index is 14.3. The second kappa shape index (κ2) is 10.9. The Hall–Kier alpha value is -2.16. The average Bonchev–Trinajstić information content (AvgIpc) is 2.69. The molecular formula is C24H31FO2. The third-order valence-electron chi connectivity index (χ3n) is 5.01. The summed E-state index contributed by atoms with van der Waals surface area (Å²) in [6.45, 7) is 5.91.